The third kappa shape index (κ3) is 3.87. The topological polar surface area (TPSA) is 0 Å². The zero-order valence-corrected chi connectivity index (χ0v) is 28.9. The van der Waals surface area contributed by atoms with Gasteiger partial charge in [0.15, 0.2) is 0 Å². The van der Waals surface area contributed by atoms with Gasteiger partial charge in [0, 0.05) is 31.5 Å². The van der Waals surface area contributed by atoms with Crippen molar-refractivity contribution in [2.45, 2.75) is 25.7 Å². The van der Waals surface area contributed by atoms with Crippen LogP contribution in [-0.2, 0) is 5.41 Å². The standard InChI is InChI=1S/C49H34S/c1-49(2)42-23-21-33(26-40(42)41-28-39-31(27-43(41)49)22-24-45-48(39)38-17-9-10-18-44(38)50-45)47-36-15-7-5-13-34(36)46(35-14-6-8-16-37(35)47)32-20-19-29-11-3-4-12-30(29)25-32/h3-24,26-28,30H,25H2,1-2H3. The van der Waals surface area contributed by atoms with Crippen LogP contribution < -0.4 is 0 Å². The fourth-order valence-corrected chi connectivity index (χ4v) is 10.5. The number of rotatable bonds is 2. The number of allylic oxidation sites excluding steroid dienone is 8. The molecule has 0 radical (unpaired) electrons. The molecule has 0 bridgehead atoms. The molecule has 236 valence electrons. The van der Waals surface area contributed by atoms with Crippen LogP contribution in [0, 0.1) is 5.92 Å². The maximum absolute atomic E-state index is 2.51. The first-order valence-electron chi connectivity index (χ1n) is 17.8. The molecule has 8 aromatic rings. The zero-order chi connectivity index (χ0) is 33.1. The van der Waals surface area contributed by atoms with Crippen molar-refractivity contribution in [2.75, 3.05) is 0 Å². The summed E-state index contributed by atoms with van der Waals surface area (Å²) in [5.74, 6) is 0.432. The summed E-state index contributed by atoms with van der Waals surface area (Å²) in [5, 5.41) is 10.7. The first-order valence-corrected chi connectivity index (χ1v) is 18.6. The van der Waals surface area contributed by atoms with E-state index in [0.717, 1.165) is 6.42 Å². The molecule has 0 amide bonds. The van der Waals surface area contributed by atoms with Crippen LogP contribution in [0.25, 0.3) is 80.3 Å². The van der Waals surface area contributed by atoms with E-state index in [-0.39, 0.29) is 5.41 Å². The van der Waals surface area contributed by atoms with E-state index in [1.54, 1.807) is 0 Å². The van der Waals surface area contributed by atoms with Crippen molar-refractivity contribution in [3.63, 3.8) is 0 Å². The van der Waals surface area contributed by atoms with Gasteiger partial charge in [0.25, 0.3) is 0 Å². The number of hydrogen-bond acceptors (Lipinski definition) is 1. The van der Waals surface area contributed by atoms with Gasteiger partial charge in [-0.1, -0.05) is 135 Å². The average Bonchev–Trinajstić information content (AvgIpc) is 3.64. The van der Waals surface area contributed by atoms with Crippen LogP contribution in [0.5, 0.6) is 0 Å². The van der Waals surface area contributed by atoms with E-state index in [2.05, 4.69) is 166 Å². The van der Waals surface area contributed by atoms with Crippen LogP contribution in [0.3, 0.4) is 0 Å². The molecule has 0 nitrogen and oxygen atoms in total. The highest BCUT2D eigenvalue weighted by Crippen LogP contribution is 2.53. The van der Waals surface area contributed by atoms with Gasteiger partial charge < -0.3 is 0 Å². The van der Waals surface area contributed by atoms with Crippen molar-refractivity contribution >= 4 is 69.4 Å². The summed E-state index contributed by atoms with van der Waals surface area (Å²) in [5.41, 5.74) is 12.3. The smallest absolute Gasteiger partial charge is 0.0361 e. The molecule has 0 fully saturated rings. The SMILES string of the molecule is CC1(C)c2ccc(-c3c4ccccc4c(C4=CC=C5C=CC=CC5C4)c4ccccc34)cc2-c2cc3c(ccc4sc5ccccc5c43)cc21. The maximum Gasteiger partial charge on any atom is 0.0361 e. The molecule has 1 heterocycles. The Hall–Kier alpha value is -5.50. The molecule has 7 aromatic carbocycles. The normalized spacial score (nSPS) is 17.4. The predicted molar refractivity (Wildman–Crippen MR) is 217 cm³/mol. The van der Waals surface area contributed by atoms with Crippen LogP contribution in [0.4, 0.5) is 0 Å². The minimum atomic E-state index is -0.0837. The minimum absolute atomic E-state index is 0.0837. The Bertz CT molecular complexity index is 2860. The molecular weight excluding hydrogens is 621 g/mol. The third-order valence-electron chi connectivity index (χ3n) is 11.8. The molecule has 0 N–H and O–H groups in total. The molecule has 3 aliphatic rings. The number of fused-ring (bicyclic) bond motifs is 11. The van der Waals surface area contributed by atoms with E-state index < -0.39 is 0 Å². The van der Waals surface area contributed by atoms with Crippen LogP contribution in [-0.4, -0.2) is 0 Å². The monoisotopic (exact) mass is 654 g/mol. The summed E-state index contributed by atoms with van der Waals surface area (Å²) in [4.78, 5) is 0. The largest absolute Gasteiger partial charge is 0.135 e. The summed E-state index contributed by atoms with van der Waals surface area (Å²) in [6.07, 6.45) is 14.7. The second-order valence-corrected chi connectivity index (χ2v) is 15.9. The lowest BCUT2D eigenvalue weighted by atomic mass is 9.78. The van der Waals surface area contributed by atoms with Gasteiger partial charge in [-0.3, -0.25) is 0 Å². The van der Waals surface area contributed by atoms with Crippen molar-refractivity contribution in [3.05, 3.63) is 174 Å². The molecule has 0 aliphatic heterocycles. The Kier molecular flexibility index (Phi) is 5.82. The quantitative estimate of drug-likeness (QED) is 0.163. The van der Waals surface area contributed by atoms with Crippen LogP contribution >= 0.6 is 11.3 Å². The van der Waals surface area contributed by atoms with Gasteiger partial charge in [0.05, 0.1) is 0 Å². The highest BCUT2D eigenvalue weighted by molar-refractivity contribution is 7.26. The lowest BCUT2D eigenvalue weighted by molar-refractivity contribution is 0.661. The van der Waals surface area contributed by atoms with Crippen LogP contribution in [0.1, 0.15) is 37.0 Å². The van der Waals surface area contributed by atoms with Crippen molar-refractivity contribution in [1.29, 1.82) is 0 Å². The summed E-state index contributed by atoms with van der Waals surface area (Å²) in [6, 6.07) is 44.0. The van der Waals surface area contributed by atoms with Crippen molar-refractivity contribution in [1.82, 2.24) is 0 Å². The first kappa shape index (κ1) is 28.3. The van der Waals surface area contributed by atoms with Gasteiger partial charge in [-0.25, -0.2) is 0 Å². The average molecular weight is 655 g/mol. The van der Waals surface area contributed by atoms with Crippen molar-refractivity contribution < 1.29 is 0 Å². The molecule has 0 spiro atoms. The minimum Gasteiger partial charge on any atom is -0.135 e. The van der Waals surface area contributed by atoms with Gasteiger partial charge in [0.1, 0.15) is 0 Å². The zero-order valence-electron chi connectivity index (χ0n) is 28.1. The van der Waals surface area contributed by atoms with E-state index in [1.165, 1.54) is 103 Å². The van der Waals surface area contributed by atoms with E-state index >= 15 is 0 Å². The van der Waals surface area contributed by atoms with E-state index in [4.69, 9.17) is 0 Å². The molecule has 1 heteroatoms. The predicted octanol–water partition coefficient (Wildman–Crippen LogP) is 13.9. The Morgan fingerprint density at radius 1 is 0.580 bits per heavy atom. The van der Waals surface area contributed by atoms with Crippen LogP contribution in [0.15, 0.2) is 157 Å². The molecule has 3 aliphatic carbocycles. The summed E-state index contributed by atoms with van der Waals surface area (Å²) < 4.78 is 2.71. The van der Waals surface area contributed by atoms with Gasteiger partial charge >= 0.3 is 0 Å². The fraction of sp³-hybridized carbons (Fsp3) is 0.102. The molecule has 11 rings (SSSR count). The van der Waals surface area contributed by atoms with Gasteiger partial charge in [0.2, 0.25) is 0 Å². The summed E-state index contributed by atoms with van der Waals surface area (Å²) in [7, 11) is 0. The Morgan fingerprint density at radius 3 is 2.06 bits per heavy atom. The van der Waals surface area contributed by atoms with Gasteiger partial charge in [-0.15, -0.1) is 11.3 Å². The highest BCUT2D eigenvalue weighted by Gasteiger charge is 2.36. The highest BCUT2D eigenvalue weighted by atomic mass is 32.1. The number of benzene rings is 7. The van der Waals surface area contributed by atoms with Crippen LogP contribution in [0.2, 0.25) is 0 Å². The summed E-state index contributed by atoms with van der Waals surface area (Å²) >= 11 is 1.90. The third-order valence-corrected chi connectivity index (χ3v) is 12.9. The lowest BCUT2D eigenvalue weighted by Crippen LogP contribution is -2.14. The van der Waals surface area contributed by atoms with E-state index in [9.17, 15) is 0 Å². The number of hydrogen-bond donors (Lipinski definition) is 0. The molecule has 50 heavy (non-hydrogen) atoms. The second kappa shape index (κ2) is 10.3. The number of thiophene rings is 1. The molecule has 1 unspecified atom stereocenters. The maximum atomic E-state index is 2.51. The molecular formula is C49H34S. The van der Waals surface area contributed by atoms with E-state index in [1.807, 2.05) is 11.3 Å². The molecule has 0 saturated heterocycles. The summed E-state index contributed by atoms with van der Waals surface area (Å²) in [6.45, 7) is 4.80. The van der Waals surface area contributed by atoms with Gasteiger partial charge in [-0.2, -0.15) is 0 Å². The first-order chi connectivity index (χ1) is 24.5. The molecule has 1 atom stereocenters. The Balaban J connectivity index is 1.16. The second-order valence-electron chi connectivity index (χ2n) is 14.8. The van der Waals surface area contributed by atoms with E-state index in [0.29, 0.717) is 5.92 Å². The van der Waals surface area contributed by atoms with Gasteiger partial charge in [-0.05, 0) is 119 Å². The molecule has 0 saturated carbocycles. The lowest BCUT2D eigenvalue weighted by Gasteiger charge is -2.25. The molecule has 1 aromatic heterocycles. The van der Waals surface area contributed by atoms with Crippen molar-refractivity contribution in [2.24, 2.45) is 5.92 Å². The fourth-order valence-electron chi connectivity index (χ4n) is 9.39. The van der Waals surface area contributed by atoms with Crippen molar-refractivity contribution in [3.8, 4) is 22.3 Å². The Labute approximate surface area is 296 Å². The Morgan fingerprint density at radius 2 is 1.28 bits per heavy atom.